The molecule has 134 valence electrons. The lowest BCUT2D eigenvalue weighted by Gasteiger charge is -2.31. The Morgan fingerprint density at radius 1 is 1.16 bits per heavy atom. The number of nitrogens with one attached hydrogen (secondary N) is 2. The van der Waals surface area contributed by atoms with Crippen LogP contribution in [0.4, 0.5) is 11.6 Å². The van der Waals surface area contributed by atoms with Gasteiger partial charge in [0, 0.05) is 29.9 Å². The molecule has 1 fully saturated rings. The van der Waals surface area contributed by atoms with E-state index < -0.39 is 0 Å². The minimum Gasteiger partial charge on any atom is -0.384 e. The highest BCUT2D eigenvalue weighted by molar-refractivity contribution is 6.33. The van der Waals surface area contributed by atoms with Crippen LogP contribution in [0.2, 0.25) is 5.02 Å². The van der Waals surface area contributed by atoms with Gasteiger partial charge >= 0.3 is 0 Å². The van der Waals surface area contributed by atoms with E-state index in [1.165, 1.54) is 12.8 Å². The van der Waals surface area contributed by atoms with Crippen LogP contribution >= 0.6 is 11.6 Å². The second-order valence-electron chi connectivity index (χ2n) is 7.01. The first-order valence-corrected chi connectivity index (χ1v) is 9.30. The van der Waals surface area contributed by atoms with Gasteiger partial charge in [0.05, 0.1) is 10.7 Å². The Bertz CT molecular complexity index is 711. The average Bonchev–Trinajstić information content (AvgIpc) is 2.58. The third-order valence-corrected chi connectivity index (χ3v) is 4.85. The predicted molar refractivity (Wildman–Crippen MR) is 105 cm³/mol. The van der Waals surface area contributed by atoms with Crippen molar-refractivity contribution in [1.29, 1.82) is 0 Å². The summed E-state index contributed by atoms with van der Waals surface area (Å²) in [4.78, 5) is 8.79. The van der Waals surface area contributed by atoms with E-state index in [0.717, 1.165) is 29.9 Å². The molecule has 5 nitrogen and oxygen atoms in total. The summed E-state index contributed by atoms with van der Waals surface area (Å²) in [5.74, 6) is 1.32. The molecule has 0 bridgehead atoms. The van der Waals surface area contributed by atoms with Gasteiger partial charge in [-0.2, -0.15) is 0 Å². The first kappa shape index (κ1) is 18.0. The zero-order valence-corrected chi connectivity index (χ0v) is 15.6. The number of aromatic nitrogens is 2. The Morgan fingerprint density at radius 3 is 2.56 bits per heavy atom. The standard InChI is InChI=1S/C19H26ClN5/c1-12(2)23-13-6-8-14(9-7-13)24-19-10-15(16(20)11-22-19)17-4-3-5-18(21)25-17/h3-5,10-14,23H,6-9H2,1-2H3,(H2,21,25)(H,22,24). The van der Waals surface area contributed by atoms with E-state index in [2.05, 4.69) is 34.4 Å². The molecular weight excluding hydrogens is 334 g/mol. The van der Waals surface area contributed by atoms with Crippen molar-refractivity contribution in [3.8, 4) is 11.3 Å². The van der Waals surface area contributed by atoms with Gasteiger partial charge in [0.25, 0.3) is 0 Å². The Labute approximate surface area is 154 Å². The zero-order chi connectivity index (χ0) is 17.8. The molecule has 0 unspecified atom stereocenters. The molecule has 6 heteroatoms. The first-order valence-electron chi connectivity index (χ1n) is 8.92. The van der Waals surface area contributed by atoms with Gasteiger partial charge in [-0.15, -0.1) is 0 Å². The summed E-state index contributed by atoms with van der Waals surface area (Å²) < 4.78 is 0. The van der Waals surface area contributed by atoms with Gasteiger partial charge in [-0.1, -0.05) is 31.5 Å². The molecule has 0 aromatic carbocycles. The molecule has 1 saturated carbocycles. The topological polar surface area (TPSA) is 75.9 Å². The SMILES string of the molecule is CC(C)NC1CCC(Nc2cc(-c3cccc(N)n3)c(Cl)cn2)CC1. The maximum absolute atomic E-state index is 6.31. The lowest BCUT2D eigenvalue weighted by molar-refractivity contribution is 0.335. The van der Waals surface area contributed by atoms with Crippen LogP contribution in [0.25, 0.3) is 11.3 Å². The third-order valence-electron chi connectivity index (χ3n) is 4.55. The van der Waals surface area contributed by atoms with Crippen molar-refractivity contribution in [3.05, 3.63) is 35.5 Å². The van der Waals surface area contributed by atoms with Crippen LogP contribution in [-0.2, 0) is 0 Å². The van der Waals surface area contributed by atoms with Gasteiger partial charge in [0.1, 0.15) is 11.6 Å². The van der Waals surface area contributed by atoms with Crippen LogP contribution in [0.5, 0.6) is 0 Å². The van der Waals surface area contributed by atoms with E-state index in [1.807, 2.05) is 18.2 Å². The highest BCUT2D eigenvalue weighted by Gasteiger charge is 2.21. The van der Waals surface area contributed by atoms with Crippen LogP contribution in [-0.4, -0.2) is 28.1 Å². The Kier molecular flexibility index (Phi) is 5.76. The molecule has 0 aliphatic heterocycles. The van der Waals surface area contributed by atoms with E-state index in [9.17, 15) is 0 Å². The molecule has 2 heterocycles. The van der Waals surface area contributed by atoms with Crippen molar-refractivity contribution < 1.29 is 0 Å². The average molecular weight is 360 g/mol. The van der Waals surface area contributed by atoms with E-state index in [0.29, 0.717) is 29.0 Å². The van der Waals surface area contributed by atoms with Crippen molar-refractivity contribution in [2.45, 2.75) is 57.7 Å². The summed E-state index contributed by atoms with van der Waals surface area (Å²) in [7, 11) is 0. The minimum absolute atomic E-state index is 0.445. The molecule has 0 saturated heterocycles. The predicted octanol–water partition coefficient (Wildman–Crippen LogP) is 4.10. The number of hydrogen-bond acceptors (Lipinski definition) is 5. The van der Waals surface area contributed by atoms with E-state index in [-0.39, 0.29) is 0 Å². The molecule has 0 spiro atoms. The van der Waals surface area contributed by atoms with Gasteiger partial charge in [0.2, 0.25) is 0 Å². The number of anilines is 2. The van der Waals surface area contributed by atoms with Gasteiger partial charge in [-0.3, -0.25) is 0 Å². The van der Waals surface area contributed by atoms with Crippen LogP contribution in [0.1, 0.15) is 39.5 Å². The number of hydrogen-bond donors (Lipinski definition) is 3. The molecule has 1 aliphatic rings. The van der Waals surface area contributed by atoms with Crippen molar-refractivity contribution in [3.63, 3.8) is 0 Å². The highest BCUT2D eigenvalue weighted by Crippen LogP contribution is 2.29. The summed E-state index contributed by atoms with van der Waals surface area (Å²) >= 11 is 6.31. The summed E-state index contributed by atoms with van der Waals surface area (Å²) in [6, 6.07) is 9.13. The molecule has 4 N–H and O–H groups in total. The van der Waals surface area contributed by atoms with E-state index in [1.54, 1.807) is 12.3 Å². The van der Waals surface area contributed by atoms with Crippen LogP contribution in [0.3, 0.4) is 0 Å². The van der Waals surface area contributed by atoms with Gasteiger partial charge < -0.3 is 16.4 Å². The van der Waals surface area contributed by atoms with Crippen LogP contribution in [0, 0.1) is 0 Å². The molecule has 0 amide bonds. The lowest BCUT2D eigenvalue weighted by Crippen LogP contribution is -2.40. The smallest absolute Gasteiger partial charge is 0.126 e. The number of rotatable bonds is 5. The quantitative estimate of drug-likeness (QED) is 0.749. The second-order valence-corrected chi connectivity index (χ2v) is 7.42. The fourth-order valence-corrected chi connectivity index (χ4v) is 3.60. The van der Waals surface area contributed by atoms with Gasteiger partial charge in [0.15, 0.2) is 0 Å². The largest absolute Gasteiger partial charge is 0.384 e. The van der Waals surface area contributed by atoms with E-state index >= 15 is 0 Å². The minimum atomic E-state index is 0.445. The molecule has 3 rings (SSSR count). The lowest BCUT2D eigenvalue weighted by atomic mass is 9.90. The molecule has 25 heavy (non-hydrogen) atoms. The maximum Gasteiger partial charge on any atom is 0.126 e. The summed E-state index contributed by atoms with van der Waals surface area (Å²) in [6.45, 7) is 4.40. The molecule has 2 aromatic heterocycles. The highest BCUT2D eigenvalue weighted by atomic mass is 35.5. The zero-order valence-electron chi connectivity index (χ0n) is 14.8. The Balaban J connectivity index is 1.67. The summed E-state index contributed by atoms with van der Waals surface area (Å²) in [6.07, 6.45) is 6.33. The fourth-order valence-electron chi connectivity index (χ4n) is 3.40. The number of nitrogens with zero attached hydrogens (tertiary/aromatic N) is 2. The van der Waals surface area contributed by atoms with Crippen molar-refractivity contribution in [2.24, 2.45) is 0 Å². The molecular formula is C19H26ClN5. The van der Waals surface area contributed by atoms with Gasteiger partial charge in [-0.25, -0.2) is 9.97 Å². The normalized spacial score (nSPS) is 20.6. The summed E-state index contributed by atoms with van der Waals surface area (Å²) in [5.41, 5.74) is 7.40. The number of pyridine rings is 2. The van der Waals surface area contributed by atoms with Crippen LogP contribution < -0.4 is 16.4 Å². The monoisotopic (exact) mass is 359 g/mol. The van der Waals surface area contributed by atoms with Crippen molar-refractivity contribution >= 4 is 23.2 Å². The molecule has 1 aliphatic carbocycles. The van der Waals surface area contributed by atoms with Crippen molar-refractivity contribution in [1.82, 2.24) is 15.3 Å². The van der Waals surface area contributed by atoms with Crippen LogP contribution in [0.15, 0.2) is 30.5 Å². The summed E-state index contributed by atoms with van der Waals surface area (Å²) in [5, 5.41) is 7.76. The molecule has 2 aromatic rings. The molecule has 0 radical (unpaired) electrons. The van der Waals surface area contributed by atoms with E-state index in [4.69, 9.17) is 17.3 Å². The Morgan fingerprint density at radius 2 is 1.88 bits per heavy atom. The number of nitrogens with two attached hydrogens (primary N) is 1. The van der Waals surface area contributed by atoms with Crippen molar-refractivity contribution in [2.75, 3.05) is 11.1 Å². The molecule has 0 atom stereocenters. The number of halogens is 1. The van der Waals surface area contributed by atoms with Gasteiger partial charge in [-0.05, 0) is 43.9 Å². The number of nitrogen functional groups attached to an aromatic ring is 1. The maximum atomic E-state index is 6.31. The third kappa shape index (κ3) is 4.83. The Hall–Kier alpha value is -1.85. The fraction of sp³-hybridized carbons (Fsp3) is 0.474. The second kappa shape index (κ2) is 8.02. The first-order chi connectivity index (χ1) is 12.0.